The normalized spacial score (nSPS) is 18.7. The first-order valence-electron chi connectivity index (χ1n) is 10.8. The van der Waals surface area contributed by atoms with E-state index in [0.29, 0.717) is 5.56 Å². The number of amides is 1. The molecule has 0 spiro atoms. The summed E-state index contributed by atoms with van der Waals surface area (Å²) in [6.07, 6.45) is -2.57. The third-order valence-corrected chi connectivity index (χ3v) is 5.09. The molecule has 0 saturated carbocycles. The van der Waals surface area contributed by atoms with Crippen LogP contribution in [0, 0.1) is 0 Å². The van der Waals surface area contributed by atoms with Crippen LogP contribution in [-0.4, -0.2) is 58.1 Å². The number of ether oxygens (including phenoxy) is 3. The molecule has 8 nitrogen and oxygen atoms in total. The number of alkyl halides is 3. The van der Waals surface area contributed by atoms with E-state index in [0.717, 1.165) is 12.1 Å². The van der Waals surface area contributed by atoms with Crippen molar-refractivity contribution in [3.8, 4) is 0 Å². The topological polar surface area (TPSA) is 82.9 Å². The second-order valence-electron chi connectivity index (χ2n) is 8.93. The minimum absolute atomic E-state index is 0.0352. The van der Waals surface area contributed by atoms with Crippen LogP contribution in [0.2, 0.25) is 0 Å². The van der Waals surface area contributed by atoms with Gasteiger partial charge in [0.2, 0.25) is 0 Å². The summed E-state index contributed by atoms with van der Waals surface area (Å²) >= 11 is 0. The Morgan fingerprint density at radius 1 is 1.12 bits per heavy atom. The number of aromatic nitrogens is 2. The monoisotopic (exact) mass is 483 g/mol. The quantitative estimate of drug-likeness (QED) is 0.565. The first-order valence-corrected chi connectivity index (χ1v) is 10.8. The summed E-state index contributed by atoms with van der Waals surface area (Å²) in [5.74, 6) is -0.516. The summed E-state index contributed by atoms with van der Waals surface area (Å²) in [4.78, 5) is 26.1. The molecule has 34 heavy (non-hydrogen) atoms. The van der Waals surface area contributed by atoms with Crippen LogP contribution in [-0.2, 0) is 27.0 Å². The van der Waals surface area contributed by atoms with Gasteiger partial charge in [-0.1, -0.05) is 12.1 Å². The van der Waals surface area contributed by atoms with Crippen LogP contribution in [0.25, 0.3) is 0 Å². The number of carbonyl (C=O) groups excluding carboxylic acids is 2. The van der Waals surface area contributed by atoms with Gasteiger partial charge in [-0.15, -0.1) is 0 Å². The highest BCUT2D eigenvalue weighted by Gasteiger charge is 2.40. The Balaban J connectivity index is 1.75. The summed E-state index contributed by atoms with van der Waals surface area (Å²) in [7, 11) is 0. The maximum absolute atomic E-state index is 12.8. The lowest BCUT2D eigenvalue weighted by atomic mass is 10.1. The lowest BCUT2D eigenvalue weighted by Crippen LogP contribution is -2.36. The Morgan fingerprint density at radius 3 is 2.38 bits per heavy atom. The van der Waals surface area contributed by atoms with Crippen molar-refractivity contribution in [2.75, 3.05) is 19.7 Å². The number of hydrogen-bond acceptors (Lipinski definition) is 6. The van der Waals surface area contributed by atoms with Crippen LogP contribution in [0.1, 0.15) is 55.2 Å². The van der Waals surface area contributed by atoms with E-state index in [4.69, 9.17) is 14.2 Å². The van der Waals surface area contributed by atoms with Gasteiger partial charge in [0, 0.05) is 12.7 Å². The molecule has 2 heterocycles. The second-order valence-corrected chi connectivity index (χ2v) is 8.93. The number of nitrogens with zero attached hydrogens (tertiary/aromatic N) is 3. The molecule has 1 fully saturated rings. The predicted octanol–water partition coefficient (Wildman–Crippen LogP) is 4.46. The Bertz CT molecular complexity index is 999. The molecule has 0 bridgehead atoms. The van der Waals surface area contributed by atoms with Crippen molar-refractivity contribution in [3.05, 3.63) is 53.3 Å². The highest BCUT2D eigenvalue weighted by molar-refractivity contribution is 5.88. The minimum atomic E-state index is -4.42. The third kappa shape index (κ3) is 6.49. The summed E-state index contributed by atoms with van der Waals surface area (Å²) in [5, 5.41) is 4.25. The van der Waals surface area contributed by atoms with Gasteiger partial charge in [0.25, 0.3) is 0 Å². The van der Waals surface area contributed by atoms with Gasteiger partial charge in [-0.25, -0.2) is 9.59 Å². The number of hydrogen-bond donors (Lipinski definition) is 0. The molecule has 11 heteroatoms. The zero-order chi connectivity index (χ0) is 25.1. The largest absolute Gasteiger partial charge is 0.462 e. The van der Waals surface area contributed by atoms with Gasteiger partial charge in [-0.3, -0.25) is 4.68 Å². The number of halogens is 3. The van der Waals surface area contributed by atoms with Crippen molar-refractivity contribution < 1.29 is 37.0 Å². The molecule has 2 atom stereocenters. The zero-order valence-corrected chi connectivity index (χ0v) is 19.5. The van der Waals surface area contributed by atoms with Gasteiger partial charge in [0.15, 0.2) is 0 Å². The second kappa shape index (κ2) is 10.0. The molecule has 1 aromatic heterocycles. The van der Waals surface area contributed by atoms with Gasteiger partial charge in [0.1, 0.15) is 5.60 Å². The Labute approximate surface area is 195 Å². The summed E-state index contributed by atoms with van der Waals surface area (Å²) in [6.45, 7) is 7.64. The number of rotatable bonds is 6. The van der Waals surface area contributed by atoms with E-state index in [1.54, 1.807) is 27.7 Å². The molecule has 0 N–H and O–H groups in total. The molecule has 0 aliphatic carbocycles. The third-order valence-electron chi connectivity index (χ3n) is 5.09. The Kier molecular flexibility index (Phi) is 7.54. The van der Waals surface area contributed by atoms with E-state index in [9.17, 15) is 22.8 Å². The fourth-order valence-electron chi connectivity index (χ4n) is 3.48. The van der Waals surface area contributed by atoms with Gasteiger partial charge in [-0.05, 0) is 45.4 Å². The van der Waals surface area contributed by atoms with E-state index < -0.39 is 41.5 Å². The highest BCUT2D eigenvalue weighted by atomic mass is 19.4. The zero-order valence-electron chi connectivity index (χ0n) is 19.5. The average molecular weight is 483 g/mol. The fourth-order valence-corrected chi connectivity index (χ4v) is 3.48. The first kappa shape index (κ1) is 25.5. The molecule has 186 valence electrons. The van der Waals surface area contributed by atoms with Crippen molar-refractivity contribution in [2.45, 2.75) is 58.2 Å². The molecule has 3 rings (SSSR count). The standard InChI is InChI=1S/C23H28F3N3O5/c1-5-32-20(30)16-10-27-29(11-16)18-12-28(21(31)34-22(2,3)4)13-19(18)33-14-15-6-8-17(9-7-15)23(24,25)26/h6-11,18-19H,5,12-14H2,1-4H3/t18-,19-/m1/s1. The SMILES string of the molecule is CCOC(=O)c1cnn([C@@H]2CN(C(=O)OC(C)(C)C)C[C@H]2OCc2ccc(C(F)(F)F)cc2)c1. The lowest BCUT2D eigenvalue weighted by Gasteiger charge is -2.24. The molecule has 1 aliphatic rings. The molecular weight excluding hydrogens is 455 g/mol. The van der Waals surface area contributed by atoms with Crippen LogP contribution in [0.4, 0.5) is 18.0 Å². The van der Waals surface area contributed by atoms with Gasteiger partial charge in [0.05, 0.1) is 49.2 Å². The van der Waals surface area contributed by atoms with Crippen molar-refractivity contribution in [2.24, 2.45) is 0 Å². The minimum Gasteiger partial charge on any atom is -0.462 e. The molecular formula is C23H28F3N3O5. The van der Waals surface area contributed by atoms with Crippen molar-refractivity contribution in [1.82, 2.24) is 14.7 Å². The maximum atomic E-state index is 12.8. The van der Waals surface area contributed by atoms with Crippen molar-refractivity contribution >= 4 is 12.1 Å². The van der Waals surface area contributed by atoms with Crippen LogP contribution in [0.3, 0.4) is 0 Å². The predicted molar refractivity (Wildman–Crippen MR) is 115 cm³/mol. The molecule has 0 radical (unpaired) electrons. The molecule has 1 aromatic carbocycles. The van der Waals surface area contributed by atoms with Crippen LogP contribution in [0.5, 0.6) is 0 Å². The summed E-state index contributed by atoms with van der Waals surface area (Å²) < 4.78 is 56.4. The van der Waals surface area contributed by atoms with E-state index in [-0.39, 0.29) is 31.9 Å². The first-order chi connectivity index (χ1) is 15.9. The van der Waals surface area contributed by atoms with E-state index >= 15 is 0 Å². The van der Waals surface area contributed by atoms with Crippen molar-refractivity contribution in [1.29, 1.82) is 0 Å². The highest BCUT2D eigenvalue weighted by Crippen LogP contribution is 2.30. The van der Waals surface area contributed by atoms with Crippen LogP contribution < -0.4 is 0 Å². The van der Waals surface area contributed by atoms with Gasteiger partial charge in [-0.2, -0.15) is 18.3 Å². The van der Waals surface area contributed by atoms with Gasteiger partial charge < -0.3 is 19.1 Å². The number of carbonyl (C=O) groups is 2. The average Bonchev–Trinajstić information content (AvgIpc) is 3.38. The van der Waals surface area contributed by atoms with E-state index in [2.05, 4.69) is 5.10 Å². The summed E-state index contributed by atoms with van der Waals surface area (Å²) in [6, 6.07) is 4.26. The van der Waals surface area contributed by atoms with Crippen LogP contribution >= 0.6 is 0 Å². The van der Waals surface area contributed by atoms with Crippen molar-refractivity contribution in [3.63, 3.8) is 0 Å². The van der Waals surface area contributed by atoms with Gasteiger partial charge >= 0.3 is 18.2 Å². The molecule has 1 amide bonds. The Hall–Kier alpha value is -3.08. The number of benzene rings is 1. The molecule has 1 aliphatic heterocycles. The lowest BCUT2D eigenvalue weighted by molar-refractivity contribution is -0.137. The Morgan fingerprint density at radius 2 is 1.79 bits per heavy atom. The molecule has 0 unspecified atom stereocenters. The van der Waals surface area contributed by atoms with E-state index in [1.807, 2.05) is 0 Å². The van der Waals surface area contributed by atoms with Crippen LogP contribution in [0.15, 0.2) is 36.7 Å². The smallest absolute Gasteiger partial charge is 0.416 e. The number of likely N-dealkylation sites (tertiary alicyclic amines) is 1. The fraction of sp³-hybridized carbons (Fsp3) is 0.522. The van der Waals surface area contributed by atoms with E-state index in [1.165, 1.54) is 34.1 Å². The molecule has 2 aromatic rings. The number of esters is 1. The molecule has 1 saturated heterocycles. The summed E-state index contributed by atoms with van der Waals surface area (Å²) in [5.41, 5.74) is -0.613. The maximum Gasteiger partial charge on any atom is 0.416 e.